The molecule has 2 rings (SSSR count). The summed E-state index contributed by atoms with van der Waals surface area (Å²) in [6.07, 6.45) is 5.05. The second-order valence-corrected chi connectivity index (χ2v) is 4.25. The summed E-state index contributed by atoms with van der Waals surface area (Å²) < 4.78 is 0. The van der Waals surface area contributed by atoms with Crippen molar-refractivity contribution in [1.82, 2.24) is 4.90 Å². The third kappa shape index (κ3) is 1.64. The van der Waals surface area contributed by atoms with E-state index in [2.05, 4.69) is 11.8 Å². The molecule has 0 aromatic carbocycles. The maximum absolute atomic E-state index is 9.40. The lowest BCUT2D eigenvalue weighted by Crippen LogP contribution is -2.35. The van der Waals surface area contributed by atoms with Gasteiger partial charge in [-0.3, -0.25) is 4.90 Å². The number of aliphatic hydroxyl groups excluding tert-OH is 1. The molecule has 12 heavy (non-hydrogen) atoms. The number of aliphatic hydroxyl groups is 1. The van der Waals surface area contributed by atoms with Crippen molar-refractivity contribution < 1.29 is 5.11 Å². The van der Waals surface area contributed by atoms with Gasteiger partial charge in [-0.1, -0.05) is 6.92 Å². The molecular weight excluding hydrogens is 150 g/mol. The first-order valence-corrected chi connectivity index (χ1v) is 5.23. The van der Waals surface area contributed by atoms with Gasteiger partial charge < -0.3 is 5.11 Å². The van der Waals surface area contributed by atoms with Gasteiger partial charge in [-0.2, -0.15) is 0 Å². The maximum atomic E-state index is 9.40. The zero-order valence-electron chi connectivity index (χ0n) is 7.87. The Bertz CT molecular complexity index is 156. The molecule has 0 radical (unpaired) electrons. The van der Waals surface area contributed by atoms with Crippen LogP contribution < -0.4 is 0 Å². The molecule has 1 N–H and O–H groups in total. The molecule has 1 aliphatic heterocycles. The number of hydrogen-bond donors (Lipinski definition) is 1. The topological polar surface area (TPSA) is 23.5 Å². The van der Waals surface area contributed by atoms with E-state index in [-0.39, 0.29) is 6.10 Å². The van der Waals surface area contributed by atoms with Crippen LogP contribution in [0.1, 0.15) is 32.6 Å². The van der Waals surface area contributed by atoms with Crippen molar-refractivity contribution in [3.8, 4) is 0 Å². The van der Waals surface area contributed by atoms with Crippen molar-refractivity contribution in [1.29, 1.82) is 0 Å². The average Bonchev–Trinajstić information content (AvgIpc) is 2.78. The standard InChI is InChI=1S/C10H19NO/c1-2-10(8-3-4-8)11-6-5-9(12)7-11/h8-10,12H,2-7H2,1H3/t9-,10?/m1/s1. The zero-order chi connectivity index (χ0) is 8.55. The lowest BCUT2D eigenvalue weighted by atomic mass is 10.1. The van der Waals surface area contributed by atoms with Gasteiger partial charge in [0.25, 0.3) is 0 Å². The zero-order valence-corrected chi connectivity index (χ0v) is 7.87. The largest absolute Gasteiger partial charge is 0.392 e. The van der Waals surface area contributed by atoms with E-state index >= 15 is 0 Å². The van der Waals surface area contributed by atoms with E-state index in [0.717, 1.165) is 31.5 Å². The highest BCUT2D eigenvalue weighted by molar-refractivity contribution is 4.90. The predicted molar refractivity (Wildman–Crippen MR) is 49.0 cm³/mol. The lowest BCUT2D eigenvalue weighted by molar-refractivity contribution is 0.149. The van der Waals surface area contributed by atoms with Crippen LogP contribution in [0, 0.1) is 5.92 Å². The maximum Gasteiger partial charge on any atom is 0.0679 e. The van der Waals surface area contributed by atoms with Gasteiger partial charge in [0.1, 0.15) is 0 Å². The van der Waals surface area contributed by atoms with Crippen molar-refractivity contribution in [2.24, 2.45) is 5.92 Å². The van der Waals surface area contributed by atoms with E-state index in [1.807, 2.05) is 0 Å². The normalized spacial score (nSPS) is 34.0. The molecule has 0 aromatic rings. The van der Waals surface area contributed by atoms with Crippen molar-refractivity contribution in [2.45, 2.75) is 44.8 Å². The van der Waals surface area contributed by atoms with E-state index in [1.54, 1.807) is 0 Å². The molecule has 2 heteroatoms. The number of nitrogens with zero attached hydrogens (tertiary/aromatic N) is 1. The molecule has 1 aliphatic carbocycles. The van der Waals surface area contributed by atoms with Crippen LogP contribution in [0.3, 0.4) is 0 Å². The molecule has 2 atom stereocenters. The van der Waals surface area contributed by atoms with Crippen molar-refractivity contribution in [3.05, 3.63) is 0 Å². The van der Waals surface area contributed by atoms with Gasteiger partial charge in [0.15, 0.2) is 0 Å². The predicted octanol–water partition coefficient (Wildman–Crippen LogP) is 1.24. The molecule has 1 unspecified atom stereocenters. The first-order chi connectivity index (χ1) is 5.81. The van der Waals surface area contributed by atoms with E-state index in [9.17, 15) is 5.11 Å². The van der Waals surface area contributed by atoms with Gasteiger partial charge in [-0.05, 0) is 31.6 Å². The fraction of sp³-hybridized carbons (Fsp3) is 1.00. The fourth-order valence-electron chi connectivity index (χ4n) is 2.44. The Labute approximate surface area is 74.6 Å². The van der Waals surface area contributed by atoms with Crippen LogP contribution in [0.4, 0.5) is 0 Å². The summed E-state index contributed by atoms with van der Waals surface area (Å²) in [4.78, 5) is 2.49. The summed E-state index contributed by atoms with van der Waals surface area (Å²) in [6.45, 7) is 4.32. The van der Waals surface area contributed by atoms with Crippen LogP contribution in [0.15, 0.2) is 0 Å². The van der Waals surface area contributed by atoms with Gasteiger partial charge >= 0.3 is 0 Å². The van der Waals surface area contributed by atoms with E-state index in [0.29, 0.717) is 0 Å². The highest BCUT2D eigenvalue weighted by Crippen LogP contribution is 2.37. The van der Waals surface area contributed by atoms with Gasteiger partial charge in [-0.25, -0.2) is 0 Å². The quantitative estimate of drug-likeness (QED) is 0.687. The van der Waals surface area contributed by atoms with E-state index in [1.165, 1.54) is 19.3 Å². The Kier molecular flexibility index (Phi) is 2.37. The Hall–Kier alpha value is -0.0800. The fourth-order valence-corrected chi connectivity index (χ4v) is 2.44. The van der Waals surface area contributed by atoms with Crippen molar-refractivity contribution in [2.75, 3.05) is 13.1 Å². The van der Waals surface area contributed by atoms with Crippen molar-refractivity contribution in [3.63, 3.8) is 0 Å². The summed E-state index contributed by atoms with van der Waals surface area (Å²) in [6, 6.07) is 0.780. The SMILES string of the molecule is CCC(C1CC1)N1CC[C@@H](O)C1. The van der Waals surface area contributed by atoms with Gasteiger partial charge in [0.2, 0.25) is 0 Å². The molecule has 0 amide bonds. The summed E-state index contributed by atoms with van der Waals surface area (Å²) in [5, 5.41) is 9.40. The van der Waals surface area contributed by atoms with Gasteiger partial charge in [-0.15, -0.1) is 0 Å². The molecule has 1 saturated heterocycles. The molecule has 1 saturated carbocycles. The molecule has 0 bridgehead atoms. The molecular formula is C10H19NO. The van der Waals surface area contributed by atoms with Crippen LogP contribution in [0.2, 0.25) is 0 Å². The second-order valence-electron chi connectivity index (χ2n) is 4.25. The third-order valence-corrected chi connectivity index (χ3v) is 3.25. The van der Waals surface area contributed by atoms with E-state index < -0.39 is 0 Å². The highest BCUT2D eigenvalue weighted by atomic mass is 16.3. The minimum absolute atomic E-state index is 0.0437. The van der Waals surface area contributed by atoms with Crippen molar-refractivity contribution >= 4 is 0 Å². The molecule has 1 heterocycles. The van der Waals surface area contributed by atoms with Gasteiger partial charge in [0, 0.05) is 19.1 Å². The number of hydrogen-bond acceptors (Lipinski definition) is 2. The average molecular weight is 169 g/mol. The molecule has 70 valence electrons. The number of β-amino-alcohol motifs (C(OH)–C–C–N with tert-alkyl or cyclic N) is 1. The van der Waals surface area contributed by atoms with Gasteiger partial charge in [0.05, 0.1) is 6.10 Å². The Morgan fingerprint density at radius 1 is 1.42 bits per heavy atom. The monoisotopic (exact) mass is 169 g/mol. The molecule has 2 aliphatic rings. The highest BCUT2D eigenvalue weighted by Gasteiger charge is 2.36. The summed E-state index contributed by atoms with van der Waals surface area (Å²) in [5.74, 6) is 0.959. The molecule has 2 nitrogen and oxygen atoms in total. The van der Waals surface area contributed by atoms with Crippen LogP contribution in [-0.2, 0) is 0 Å². The molecule has 0 spiro atoms. The molecule has 0 aromatic heterocycles. The number of likely N-dealkylation sites (tertiary alicyclic amines) is 1. The van der Waals surface area contributed by atoms with Crippen LogP contribution >= 0.6 is 0 Å². The van der Waals surface area contributed by atoms with E-state index in [4.69, 9.17) is 0 Å². The Morgan fingerprint density at radius 3 is 2.58 bits per heavy atom. The Morgan fingerprint density at radius 2 is 2.17 bits per heavy atom. The van der Waals surface area contributed by atoms with Crippen LogP contribution in [0.5, 0.6) is 0 Å². The third-order valence-electron chi connectivity index (χ3n) is 3.25. The second kappa shape index (κ2) is 3.35. The summed E-state index contributed by atoms with van der Waals surface area (Å²) in [5.41, 5.74) is 0. The minimum atomic E-state index is -0.0437. The minimum Gasteiger partial charge on any atom is -0.392 e. The first-order valence-electron chi connectivity index (χ1n) is 5.23. The summed E-state index contributed by atoms with van der Waals surface area (Å²) in [7, 11) is 0. The summed E-state index contributed by atoms with van der Waals surface area (Å²) >= 11 is 0. The van der Waals surface area contributed by atoms with Crippen LogP contribution in [0.25, 0.3) is 0 Å². The molecule has 2 fully saturated rings. The smallest absolute Gasteiger partial charge is 0.0679 e. The lowest BCUT2D eigenvalue weighted by Gasteiger charge is -2.26. The van der Waals surface area contributed by atoms with Crippen LogP contribution in [-0.4, -0.2) is 35.2 Å². The Balaban J connectivity index is 1.88. The first kappa shape index (κ1) is 8.52. The number of rotatable bonds is 3.